The van der Waals surface area contributed by atoms with Crippen molar-refractivity contribution in [3.05, 3.63) is 51.0 Å². The van der Waals surface area contributed by atoms with Crippen molar-refractivity contribution in [2.24, 2.45) is 0 Å². The number of aromatic hydroxyl groups is 1. The molecule has 0 fully saturated rings. The number of carbonyl (C=O) groups excluding carboxylic acids is 1. The second kappa shape index (κ2) is 6.79. The number of anilines is 1. The van der Waals surface area contributed by atoms with Gasteiger partial charge < -0.3 is 10.4 Å². The molecule has 0 unspecified atom stereocenters. The van der Waals surface area contributed by atoms with E-state index in [1.807, 2.05) is 18.4 Å². The predicted octanol–water partition coefficient (Wildman–Crippen LogP) is 5.33. The average molecular weight is 363 g/mol. The van der Waals surface area contributed by atoms with Crippen LogP contribution in [0.5, 0.6) is 5.75 Å². The monoisotopic (exact) mass is 361 g/mol. The molecule has 0 aliphatic carbocycles. The number of amides is 1. The summed E-state index contributed by atoms with van der Waals surface area (Å²) in [5, 5.41) is 12.5. The highest BCUT2D eigenvalue weighted by Crippen LogP contribution is 2.38. The third-order valence-corrected chi connectivity index (χ3v) is 4.54. The van der Waals surface area contributed by atoms with Crippen LogP contribution in [0.3, 0.4) is 0 Å². The van der Waals surface area contributed by atoms with Crippen molar-refractivity contribution in [3.8, 4) is 5.75 Å². The summed E-state index contributed by atoms with van der Waals surface area (Å²) < 4.78 is 0. The smallest absolute Gasteiger partial charge is 0.261 e. The number of phenols is 1. The van der Waals surface area contributed by atoms with Gasteiger partial charge in [-0.05, 0) is 36.6 Å². The fourth-order valence-corrected chi connectivity index (χ4v) is 2.76. The largest absolute Gasteiger partial charge is 0.505 e. The number of thioether (sulfide) groups is 1. The molecule has 7 heteroatoms. The maximum atomic E-state index is 12.2. The standard InChI is InChI=1S/C14H10Cl3NO2S/c1-21-8-4-2-7(3-5-8)18-14(20)11-12(17)9(15)6-10(16)13(11)19/h2-6,19H,1H3,(H,18,20). The summed E-state index contributed by atoms with van der Waals surface area (Å²) in [7, 11) is 0. The molecule has 0 saturated carbocycles. The van der Waals surface area contributed by atoms with Crippen molar-refractivity contribution in [2.45, 2.75) is 4.90 Å². The van der Waals surface area contributed by atoms with Gasteiger partial charge in [0.15, 0.2) is 0 Å². The fraction of sp³-hybridized carbons (Fsp3) is 0.0714. The lowest BCUT2D eigenvalue weighted by atomic mass is 10.1. The minimum Gasteiger partial charge on any atom is -0.505 e. The Morgan fingerprint density at radius 3 is 2.33 bits per heavy atom. The van der Waals surface area contributed by atoms with Crippen molar-refractivity contribution < 1.29 is 9.90 Å². The van der Waals surface area contributed by atoms with E-state index < -0.39 is 11.7 Å². The molecule has 0 aliphatic heterocycles. The molecular weight excluding hydrogens is 353 g/mol. The van der Waals surface area contributed by atoms with Gasteiger partial charge >= 0.3 is 0 Å². The highest BCUT2D eigenvalue weighted by Gasteiger charge is 2.21. The average Bonchev–Trinajstić information content (AvgIpc) is 2.46. The third-order valence-electron chi connectivity index (χ3n) is 2.72. The summed E-state index contributed by atoms with van der Waals surface area (Å²) in [6.45, 7) is 0. The van der Waals surface area contributed by atoms with Crippen molar-refractivity contribution in [1.29, 1.82) is 0 Å². The summed E-state index contributed by atoms with van der Waals surface area (Å²) in [5.74, 6) is -0.983. The maximum absolute atomic E-state index is 12.2. The summed E-state index contributed by atoms with van der Waals surface area (Å²) >= 11 is 19.2. The molecule has 2 rings (SSSR count). The van der Waals surface area contributed by atoms with Crippen LogP contribution in [0, 0.1) is 0 Å². The van der Waals surface area contributed by atoms with Crippen molar-refractivity contribution in [1.82, 2.24) is 0 Å². The van der Waals surface area contributed by atoms with Crippen LogP contribution in [0.15, 0.2) is 35.2 Å². The summed E-state index contributed by atoms with van der Waals surface area (Å²) in [6.07, 6.45) is 1.96. The molecule has 2 aromatic rings. The highest BCUT2D eigenvalue weighted by atomic mass is 35.5. The van der Waals surface area contributed by atoms with Crippen LogP contribution in [0.25, 0.3) is 0 Å². The molecule has 0 heterocycles. The molecule has 0 saturated heterocycles. The molecule has 0 bridgehead atoms. The first kappa shape index (κ1) is 16.3. The zero-order valence-electron chi connectivity index (χ0n) is 10.8. The summed E-state index contributed by atoms with van der Waals surface area (Å²) in [5.41, 5.74) is 0.424. The summed E-state index contributed by atoms with van der Waals surface area (Å²) in [4.78, 5) is 13.3. The van der Waals surface area contributed by atoms with Gasteiger partial charge in [-0.1, -0.05) is 34.8 Å². The molecule has 0 aromatic heterocycles. The first-order chi connectivity index (χ1) is 9.93. The van der Waals surface area contributed by atoms with E-state index in [9.17, 15) is 9.90 Å². The highest BCUT2D eigenvalue weighted by molar-refractivity contribution is 7.98. The second-order valence-corrected chi connectivity index (χ2v) is 6.13. The van der Waals surface area contributed by atoms with E-state index in [1.54, 1.807) is 23.9 Å². The quantitative estimate of drug-likeness (QED) is 0.573. The summed E-state index contributed by atoms with van der Waals surface area (Å²) in [6, 6.07) is 8.52. The Hall–Kier alpha value is -1.07. The molecule has 2 N–H and O–H groups in total. The zero-order valence-corrected chi connectivity index (χ0v) is 13.9. The van der Waals surface area contributed by atoms with Gasteiger partial charge in [0.1, 0.15) is 11.3 Å². The van der Waals surface area contributed by atoms with Gasteiger partial charge in [0.2, 0.25) is 0 Å². The molecule has 21 heavy (non-hydrogen) atoms. The molecular formula is C14H10Cl3NO2S. The second-order valence-electron chi connectivity index (χ2n) is 4.06. The van der Waals surface area contributed by atoms with Crippen LogP contribution >= 0.6 is 46.6 Å². The lowest BCUT2D eigenvalue weighted by Crippen LogP contribution is -2.13. The number of carbonyl (C=O) groups is 1. The Bertz CT molecular complexity index is 663. The minimum absolute atomic E-state index is 0.0349. The minimum atomic E-state index is -0.584. The fourth-order valence-electron chi connectivity index (χ4n) is 1.66. The Balaban J connectivity index is 2.32. The lowest BCUT2D eigenvalue weighted by Gasteiger charge is -2.11. The molecule has 0 radical (unpaired) electrons. The SMILES string of the molecule is CSc1ccc(NC(=O)c2c(O)c(Cl)cc(Cl)c2Cl)cc1. The van der Waals surface area contributed by atoms with E-state index in [-0.39, 0.29) is 20.6 Å². The third kappa shape index (κ3) is 3.58. The Morgan fingerprint density at radius 1 is 1.14 bits per heavy atom. The number of halogens is 3. The lowest BCUT2D eigenvalue weighted by molar-refractivity contribution is 0.102. The molecule has 0 atom stereocenters. The van der Waals surface area contributed by atoms with Crippen LogP contribution in [0.4, 0.5) is 5.69 Å². The molecule has 2 aromatic carbocycles. The number of hydrogen-bond acceptors (Lipinski definition) is 3. The van der Waals surface area contributed by atoms with Crippen molar-refractivity contribution >= 4 is 58.2 Å². The van der Waals surface area contributed by atoms with Crippen LogP contribution in [-0.4, -0.2) is 17.3 Å². The Kier molecular flexibility index (Phi) is 5.27. The predicted molar refractivity (Wildman–Crippen MR) is 89.3 cm³/mol. The molecule has 1 amide bonds. The molecule has 3 nitrogen and oxygen atoms in total. The van der Waals surface area contributed by atoms with Crippen LogP contribution in [-0.2, 0) is 0 Å². The van der Waals surface area contributed by atoms with Gasteiger partial charge in [0.25, 0.3) is 5.91 Å². The number of hydrogen-bond donors (Lipinski definition) is 2. The molecule has 110 valence electrons. The zero-order chi connectivity index (χ0) is 15.6. The van der Waals surface area contributed by atoms with Gasteiger partial charge in [-0.25, -0.2) is 0 Å². The van der Waals surface area contributed by atoms with E-state index in [1.165, 1.54) is 6.07 Å². The van der Waals surface area contributed by atoms with E-state index in [0.717, 1.165) is 4.90 Å². The topological polar surface area (TPSA) is 49.3 Å². The number of nitrogens with one attached hydrogen (secondary N) is 1. The Labute approximate surface area is 141 Å². The van der Waals surface area contributed by atoms with Gasteiger partial charge in [-0.15, -0.1) is 11.8 Å². The first-order valence-electron chi connectivity index (χ1n) is 5.76. The number of phenolic OH excluding ortho intramolecular Hbond substituents is 1. The van der Waals surface area contributed by atoms with Crippen LogP contribution in [0.2, 0.25) is 15.1 Å². The first-order valence-corrected chi connectivity index (χ1v) is 8.11. The molecule has 0 spiro atoms. The van der Waals surface area contributed by atoms with Crippen LogP contribution < -0.4 is 5.32 Å². The van der Waals surface area contributed by atoms with Gasteiger partial charge in [0, 0.05) is 10.6 Å². The van der Waals surface area contributed by atoms with E-state index in [0.29, 0.717) is 5.69 Å². The van der Waals surface area contributed by atoms with Crippen molar-refractivity contribution in [3.63, 3.8) is 0 Å². The van der Waals surface area contributed by atoms with E-state index in [4.69, 9.17) is 34.8 Å². The maximum Gasteiger partial charge on any atom is 0.261 e. The van der Waals surface area contributed by atoms with Crippen molar-refractivity contribution in [2.75, 3.05) is 11.6 Å². The normalized spacial score (nSPS) is 10.5. The Morgan fingerprint density at radius 2 is 1.76 bits per heavy atom. The van der Waals surface area contributed by atoms with Gasteiger partial charge in [0.05, 0.1) is 15.1 Å². The van der Waals surface area contributed by atoms with E-state index >= 15 is 0 Å². The van der Waals surface area contributed by atoms with Gasteiger partial charge in [-0.2, -0.15) is 0 Å². The van der Waals surface area contributed by atoms with Gasteiger partial charge in [-0.3, -0.25) is 4.79 Å². The van der Waals surface area contributed by atoms with E-state index in [2.05, 4.69) is 5.32 Å². The molecule has 0 aliphatic rings. The number of benzene rings is 2. The number of rotatable bonds is 3. The van der Waals surface area contributed by atoms with Crippen LogP contribution in [0.1, 0.15) is 10.4 Å².